The SMILES string of the molecule is CC1(C)c2ccccc2-c2cc(-c3ccccc3-c3ccccc3N(c3ccc(-c4ccccc4)cc3)c3ccc(-c4ccc5c(c4)oc4ccccc45)cc3)ccc21. The largest absolute Gasteiger partial charge is 0.456 e. The average Bonchev–Trinajstić information content (AvgIpc) is 3.78. The number of rotatable bonds is 7. The van der Waals surface area contributed by atoms with Crippen LogP contribution in [0.25, 0.3) is 77.6 Å². The Balaban J connectivity index is 1.03. The van der Waals surface area contributed by atoms with Crippen molar-refractivity contribution in [3.05, 3.63) is 223 Å². The molecular weight excluding hydrogens is 715 g/mol. The minimum absolute atomic E-state index is 0.0388. The molecule has 11 rings (SSSR count). The quantitative estimate of drug-likeness (QED) is 0.161. The van der Waals surface area contributed by atoms with Crippen LogP contribution in [0.1, 0.15) is 25.0 Å². The molecule has 2 nitrogen and oxygen atoms in total. The van der Waals surface area contributed by atoms with Gasteiger partial charge in [-0.3, -0.25) is 0 Å². The van der Waals surface area contributed by atoms with Gasteiger partial charge < -0.3 is 9.32 Å². The van der Waals surface area contributed by atoms with E-state index in [2.05, 4.69) is 219 Å². The summed E-state index contributed by atoms with van der Waals surface area (Å²) in [5.74, 6) is 0. The van der Waals surface area contributed by atoms with Crippen molar-refractivity contribution in [2.45, 2.75) is 19.3 Å². The van der Waals surface area contributed by atoms with Crippen LogP contribution in [0.3, 0.4) is 0 Å². The topological polar surface area (TPSA) is 16.4 Å². The molecule has 0 N–H and O–H groups in total. The van der Waals surface area contributed by atoms with Gasteiger partial charge in [0.2, 0.25) is 0 Å². The smallest absolute Gasteiger partial charge is 0.136 e. The van der Waals surface area contributed by atoms with Gasteiger partial charge in [0.1, 0.15) is 11.2 Å². The first kappa shape index (κ1) is 34.8. The molecular formula is C57H41NO. The maximum atomic E-state index is 6.27. The van der Waals surface area contributed by atoms with Crippen molar-refractivity contribution < 1.29 is 4.42 Å². The Kier molecular flexibility index (Phi) is 8.20. The average molecular weight is 756 g/mol. The van der Waals surface area contributed by atoms with E-state index in [0.29, 0.717) is 0 Å². The summed E-state index contributed by atoms with van der Waals surface area (Å²) in [6.45, 7) is 4.68. The highest BCUT2D eigenvalue weighted by atomic mass is 16.3. The lowest BCUT2D eigenvalue weighted by atomic mass is 9.82. The zero-order valence-electron chi connectivity index (χ0n) is 33.1. The maximum absolute atomic E-state index is 6.27. The van der Waals surface area contributed by atoms with E-state index in [0.717, 1.165) is 55.7 Å². The summed E-state index contributed by atoms with van der Waals surface area (Å²) in [5, 5.41) is 2.28. The number of anilines is 3. The molecule has 59 heavy (non-hydrogen) atoms. The Morgan fingerprint density at radius 3 is 1.63 bits per heavy atom. The lowest BCUT2D eigenvalue weighted by molar-refractivity contribution is 0.660. The Bertz CT molecular complexity index is 3170. The molecule has 0 saturated carbocycles. The van der Waals surface area contributed by atoms with Gasteiger partial charge in [-0.05, 0) is 116 Å². The molecule has 0 spiro atoms. The van der Waals surface area contributed by atoms with E-state index < -0.39 is 0 Å². The third-order valence-electron chi connectivity index (χ3n) is 12.3. The number of benzene rings is 9. The molecule has 1 heterocycles. The third kappa shape index (κ3) is 5.87. The molecule has 0 radical (unpaired) electrons. The molecule has 0 amide bonds. The van der Waals surface area contributed by atoms with Gasteiger partial charge >= 0.3 is 0 Å². The van der Waals surface area contributed by atoms with E-state index in [9.17, 15) is 0 Å². The highest BCUT2D eigenvalue weighted by Gasteiger charge is 2.35. The van der Waals surface area contributed by atoms with Crippen molar-refractivity contribution in [3.8, 4) is 55.6 Å². The molecule has 10 aromatic rings. The van der Waals surface area contributed by atoms with Gasteiger partial charge in [0.05, 0.1) is 5.69 Å². The van der Waals surface area contributed by atoms with Gasteiger partial charge in [-0.15, -0.1) is 0 Å². The maximum Gasteiger partial charge on any atom is 0.136 e. The predicted molar refractivity (Wildman–Crippen MR) is 248 cm³/mol. The first-order valence-electron chi connectivity index (χ1n) is 20.4. The second kappa shape index (κ2) is 13.9. The zero-order valence-corrected chi connectivity index (χ0v) is 33.1. The van der Waals surface area contributed by atoms with Crippen molar-refractivity contribution in [2.75, 3.05) is 4.90 Å². The van der Waals surface area contributed by atoms with E-state index in [-0.39, 0.29) is 5.41 Å². The molecule has 0 atom stereocenters. The minimum Gasteiger partial charge on any atom is -0.456 e. The Hall–Kier alpha value is -7.42. The van der Waals surface area contributed by atoms with Gasteiger partial charge in [0.15, 0.2) is 0 Å². The molecule has 1 aliphatic rings. The molecule has 2 heteroatoms. The summed E-state index contributed by atoms with van der Waals surface area (Å²) >= 11 is 0. The van der Waals surface area contributed by atoms with Crippen LogP contribution >= 0.6 is 0 Å². The Labute approximate surface area is 345 Å². The first-order valence-corrected chi connectivity index (χ1v) is 20.4. The van der Waals surface area contributed by atoms with Crippen LogP contribution in [-0.2, 0) is 5.41 Å². The van der Waals surface area contributed by atoms with Crippen LogP contribution in [0.4, 0.5) is 17.1 Å². The summed E-state index contributed by atoms with van der Waals surface area (Å²) in [5.41, 5.74) is 19.9. The van der Waals surface area contributed by atoms with Crippen molar-refractivity contribution in [1.29, 1.82) is 0 Å². The van der Waals surface area contributed by atoms with E-state index in [1.54, 1.807) is 0 Å². The first-order chi connectivity index (χ1) is 29.0. The van der Waals surface area contributed by atoms with Crippen molar-refractivity contribution in [1.82, 2.24) is 0 Å². The summed E-state index contributed by atoms with van der Waals surface area (Å²) in [6, 6.07) is 76.9. The van der Waals surface area contributed by atoms with Gasteiger partial charge in [0, 0.05) is 33.1 Å². The number of furan rings is 1. The van der Waals surface area contributed by atoms with Crippen LogP contribution < -0.4 is 4.90 Å². The second-order valence-electron chi connectivity index (χ2n) is 16.1. The minimum atomic E-state index is -0.0388. The molecule has 280 valence electrons. The molecule has 0 unspecified atom stereocenters. The Morgan fingerprint density at radius 2 is 0.864 bits per heavy atom. The fourth-order valence-electron chi connectivity index (χ4n) is 9.32. The number of hydrogen-bond acceptors (Lipinski definition) is 2. The third-order valence-corrected chi connectivity index (χ3v) is 12.3. The monoisotopic (exact) mass is 755 g/mol. The molecule has 0 bridgehead atoms. The molecule has 0 fully saturated rings. The number of fused-ring (bicyclic) bond motifs is 6. The summed E-state index contributed by atoms with van der Waals surface area (Å²) < 4.78 is 6.27. The van der Waals surface area contributed by atoms with Gasteiger partial charge in [-0.25, -0.2) is 0 Å². The molecule has 1 aliphatic carbocycles. The van der Waals surface area contributed by atoms with Crippen LogP contribution in [0.2, 0.25) is 0 Å². The van der Waals surface area contributed by atoms with Crippen molar-refractivity contribution in [2.24, 2.45) is 0 Å². The fourth-order valence-corrected chi connectivity index (χ4v) is 9.32. The van der Waals surface area contributed by atoms with Crippen LogP contribution in [-0.4, -0.2) is 0 Å². The molecule has 9 aromatic carbocycles. The predicted octanol–water partition coefficient (Wildman–Crippen LogP) is 16.0. The fraction of sp³-hybridized carbons (Fsp3) is 0.0526. The van der Waals surface area contributed by atoms with E-state index in [1.807, 2.05) is 12.1 Å². The number of para-hydroxylation sites is 2. The lowest BCUT2D eigenvalue weighted by Gasteiger charge is -2.29. The van der Waals surface area contributed by atoms with Gasteiger partial charge in [-0.2, -0.15) is 0 Å². The standard InChI is InChI=1S/C57H41NO/c1-57(2)52-21-11-8-18-47(52)51-36-42(29-35-53(51)57)45-16-6-7-17-46(45)48-19-9-12-22-54(48)58(43-30-24-39(25-31-43)38-14-4-3-5-15-38)44-32-26-40(27-33-44)41-28-34-50-49-20-10-13-23-55(49)59-56(50)37-41/h3-37H,1-2H3. The zero-order chi connectivity index (χ0) is 39.5. The number of hydrogen-bond donors (Lipinski definition) is 0. The highest BCUT2D eigenvalue weighted by molar-refractivity contribution is 6.06. The lowest BCUT2D eigenvalue weighted by Crippen LogP contribution is -2.14. The van der Waals surface area contributed by atoms with Gasteiger partial charge in [0.25, 0.3) is 0 Å². The summed E-state index contributed by atoms with van der Waals surface area (Å²) in [7, 11) is 0. The van der Waals surface area contributed by atoms with Gasteiger partial charge in [-0.1, -0.05) is 172 Å². The normalized spacial score (nSPS) is 12.7. The van der Waals surface area contributed by atoms with E-state index >= 15 is 0 Å². The van der Waals surface area contributed by atoms with Crippen LogP contribution in [0.5, 0.6) is 0 Å². The molecule has 0 aliphatic heterocycles. The molecule has 1 aromatic heterocycles. The number of nitrogens with zero attached hydrogens (tertiary/aromatic N) is 1. The molecule has 0 saturated heterocycles. The summed E-state index contributed by atoms with van der Waals surface area (Å²) in [6.07, 6.45) is 0. The van der Waals surface area contributed by atoms with Crippen LogP contribution in [0, 0.1) is 0 Å². The van der Waals surface area contributed by atoms with Crippen molar-refractivity contribution in [3.63, 3.8) is 0 Å². The second-order valence-corrected chi connectivity index (χ2v) is 16.1. The van der Waals surface area contributed by atoms with E-state index in [4.69, 9.17) is 4.42 Å². The highest BCUT2D eigenvalue weighted by Crippen LogP contribution is 2.51. The van der Waals surface area contributed by atoms with Crippen molar-refractivity contribution >= 4 is 39.0 Å². The van der Waals surface area contributed by atoms with Crippen LogP contribution in [0.15, 0.2) is 217 Å². The summed E-state index contributed by atoms with van der Waals surface area (Å²) in [4.78, 5) is 2.40. The Morgan fingerprint density at radius 1 is 0.339 bits per heavy atom. The van der Waals surface area contributed by atoms with E-state index in [1.165, 1.54) is 50.1 Å².